The van der Waals surface area contributed by atoms with Crippen LogP contribution in [0.15, 0.2) is 77.7 Å². The van der Waals surface area contributed by atoms with Crippen molar-refractivity contribution in [1.29, 1.82) is 0 Å². The summed E-state index contributed by atoms with van der Waals surface area (Å²) in [6.07, 6.45) is -0.371. The van der Waals surface area contributed by atoms with Gasteiger partial charge in [-0.25, -0.2) is 18.1 Å². The topological polar surface area (TPSA) is 93.2 Å². The molecule has 5 rings (SSSR count). The molecule has 1 aromatic heterocycles. The first-order valence-electron chi connectivity index (χ1n) is 11.3. The third-order valence-corrected chi connectivity index (χ3v) is 7.43. The van der Waals surface area contributed by atoms with Crippen LogP contribution < -0.4 is 14.8 Å². The number of rotatable bonds is 2. The van der Waals surface area contributed by atoms with Crippen LogP contribution in [0, 0.1) is 20.8 Å². The Balaban J connectivity index is 1.70. The molecule has 2 N–H and O–H groups in total. The second-order valence-electron chi connectivity index (χ2n) is 8.66. The van der Waals surface area contributed by atoms with E-state index >= 15 is 0 Å². The number of nitrogens with one attached hydrogen (secondary N) is 2. The van der Waals surface area contributed by atoms with Crippen molar-refractivity contribution in [2.24, 2.45) is 0 Å². The molecule has 0 spiro atoms. The van der Waals surface area contributed by atoms with Gasteiger partial charge >= 0.3 is 0 Å². The Bertz CT molecular complexity index is 1500. The highest BCUT2D eigenvalue weighted by atomic mass is 32.2. The number of sulfonamides is 1. The number of hydrogen-bond donors (Lipinski definition) is 2. The van der Waals surface area contributed by atoms with Crippen LogP contribution in [-0.2, 0) is 10.0 Å². The van der Waals surface area contributed by atoms with Crippen LogP contribution in [0.4, 0.5) is 11.6 Å². The Hall–Kier alpha value is -3.91. The van der Waals surface area contributed by atoms with Crippen LogP contribution in [0.3, 0.4) is 0 Å². The number of fused-ring (bicyclic) bond motifs is 4. The molecule has 1 aliphatic heterocycles. The smallest absolute Gasteiger partial charge is 0.264 e. The lowest BCUT2D eigenvalue weighted by atomic mass is 10.00. The normalized spacial score (nSPS) is 16.6. The first-order valence-corrected chi connectivity index (χ1v) is 12.8. The molecule has 0 amide bonds. The molecule has 0 unspecified atom stereocenters. The number of benzene rings is 3. The van der Waals surface area contributed by atoms with Crippen molar-refractivity contribution >= 4 is 21.7 Å². The Morgan fingerprint density at radius 1 is 0.857 bits per heavy atom. The summed E-state index contributed by atoms with van der Waals surface area (Å²) in [5.74, 6) is 0.247. The van der Waals surface area contributed by atoms with Crippen molar-refractivity contribution in [2.75, 3.05) is 16.6 Å². The largest absolute Gasteiger partial charge is 0.467 e. The summed E-state index contributed by atoms with van der Waals surface area (Å²) in [4.78, 5) is 9.14. The van der Waals surface area contributed by atoms with E-state index in [0.29, 0.717) is 17.9 Å². The van der Waals surface area contributed by atoms with Crippen molar-refractivity contribution in [3.8, 4) is 17.1 Å². The van der Waals surface area contributed by atoms with Gasteiger partial charge in [-0.15, -0.1) is 0 Å². The lowest BCUT2D eigenvalue weighted by molar-refractivity contribution is 0.209. The maximum absolute atomic E-state index is 13.1. The van der Waals surface area contributed by atoms with Gasteiger partial charge in [-0.3, -0.25) is 0 Å². The highest BCUT2D eigenvalue weighted by molar-refractivity contribution is 7.92. The molecule has 8 heteroatoms. The van der Waals surface area contributed by atoms with Gasteiger partial charge in [0.25, 0.3) is 10.0 Å². The molecule has 0 saturated heterocycles. The number of aromatic nitrogens is 2. The number of aryl methyl sites for hydroxylation is 3. The zero-order chi connectivity index (χ0) is 24.6. The Kier molecular flexibility index (Phi) is 5.90. The summed E-state index contributed by atoms with van der Waals surface area (Å²) in [7, 11) is -3.91. The first-order chi connectivity index (χ1) is 16.8. The van der Waals surface area contributed by atoms with Crippen LogP contribution in [0.5, 0.6) is 5.88 Å². The summed E-state index contributed by atoms with van der Waals surface area (Å²) in [6.45, 7) is 6.45. The number of nitrogens with zero attached hydrogens (tertiary/aromatic N) is 2. The summed E-state index contributed by atoms with van der Waals surface area (Å²) in [5.41, 5.74) is 6.33. The van der Waals surface area contributed by atoms with E-state index in [2.05, 4.69) is 20.0 Å². The maximum Gasteiger partial charge on any atom is 0.264 e. The predicted octanol–water partition coefficient (Wildman–Crippen LogP) is 5.42. The molecule has 4 bridgehead atoms. The van der Waals surface area contributed by atoms with Gasteiger partial charge in [-0.05, 0) is 61.2 Å². The van der Waals surface area contributed by atoms with Crippen LogP contribution in [0.25, 0.3) is 11.3 Å². The Morgan fingerprint density at radius 3 is 2.34 bits per heavy atom. The van der Waals surface area contributed by atoms with Crippen molar-refractivity contribution in [2.45, 2.75) is 31.8 Å². The lowest BCUT2D eigenvalue weighted by Gasteiger charge is -2.23. The minimum absolute atomic E-state index is 0.0392. The molecule has 7 nitrogen and oxygen atoms in total. The molecular weight excluding hydrogens is 460 g/mol. The fourth-order valence-electron chi connectivity index (χ4n) is 4.35. The third kappa shape index (κ3) is 4.70. The zero-order valence-electron chi connectivity index (χ0n) is 19.7. The van der Waals surface area contributed by atoms with Gasteiger partial charge in [0.2, 0.25) is 11.8 Å². The fourth-order valence-corrected chi connectivity index (χ4v) is 5.34. The first kappa shape index (κ1) is 22.9. The molecular formula is C27H26N4O3S. The minimum atomic E-state index is -3.91. The van der Waals surface area contributed by atoms with Crippen molar-refractivity contribution in [1.82, 2.24) is 9.97 Å². The van der Waals surface area contributed by atoms with E-state index in [1.54, 1.807) is 24.3 Å². The van der Waals surface area contributed by atoms with E-state index in [1.165, 1.54) is 0 Å². The predicted molar refractivity (Wildman–Crippen MR) is 137 cm³/mol. The van der Waals surface area contributed by atoms with Gasteiger partial charge < -0.3 is 10.1 Å². The lowest BCUT2D eigenvalue weighted by Crippen LogP contribution is -2.22. The molecule has 1 aliphatic rings. The second kappa shape index (κ2) is 9.03. The minimum Gasteiger partial charge on any atom is -0.467 e. The summed E-state index contributed by atoms with van der Waals surface area (Å²) < 4.78 is 35.2. The SMILES string of the molecule is Cc1ccccc1[C@H]1CNc2cccc(c2)S(=O)(=O)Nc2nc(cc(-c3c(C)cccc3C)n2)O1. The van der Waals surface area contributed by atoms with Crippen LogP contribution in [-0.4, -0.2) is 24.9 Å². The maximum atomic E-state index is 13.1. The van der Waals surface area contributed by atoms with Crippen LogP contribution in [0.1, 0.15) is 28.4 Å². The van der Waals surface area contributed by atoms with Crippen LogP contribution >= 0.6 is 0 Å². The standard InChI is InChI=1S/C27H26N4O3S/c1-17-8-4-5-13-22(17)24-16-28-20-11-7-12-21(14-20)35(32,33)31-27-29-23(15-25(30-27)34-24)26-18(2)9-6-10-19(26)3/h4-15,24,28H,16H2,1-3H3,(H,29,30,31)/t24-/m1/s1. The molecule has 2 heterocycles. The average molecular weight is 487 g/mol. The van der Waals surface area contributed by atoms with Gasteiger partial charge in [0, 0.05) is 17.3 Å². The highest BCUT2D eigenvalue weighted by Crippen LogP contribution is 2.32. The van der Waals surface area contributed by atoms with Gasteiger partial charge in [0.15, 0.2) is 0 Å². The Labute approximate surface area is 205 Å². The van der Waals surface area contributed by atoms with E-state index in [1.807, 2.05) is 69.3 Å². The van der Waals surface area contributed by atoms with E-state index < -0.39 is 10.0 Å². The summed E-state index contributed by atoms with van der Waals surface area (Å²) in [5, 5.41) is 3.33. The molecule has 0 saturated carbocycles. The number of hydrogen-bond acceptors (Lipinski definition) is 6. The van der Waals surface area contributed by atoms with E-state index in [0.717, 1.165) is 27.8 Å². The molecule has 0 fully saturated rings. The summed E-state index contributed by atoms with van der Waals surface area (Å²) in [6, 6.07) is 22.4. The molecule has 35 heavy (non-hydrogen) atoms. The van der Waals surface area contributed by atoms with E-state index in [4.69, 9.17) is 4.74 Å². The zero-order valence-corrected chi connectivity index (χ0v) is 20.6. The van der Waals surface area contributed by atoms with Crippen molar-refractivity contribution in [3.63, 3.8) is 0 Å². The molecule has 178 valence electrons. The number of anilines is 2. The van der Waals surface area contributed by atoms with Crippen LogP contribution in [0.2, 0.25) is 0 Å². The monoisotopic (exact) mass is 486 g/mol. The van der Waals surface area contributed by atoms with Gasteiger partial charge in [-0.2, -0.15) is 4.98 Å². The molecule has 4 aromatic rings. The second-order valence-corrected chi connectivity index (χ2v) is 10.3. The highest BCUT2D eigenvalue weighted by Gasteiger charge is 2.23. The van der Waals surface area contributed by atoms with Crippen molar-refractivity contribution < 1.29 is 13.2 Å². The van der Waals surface area contributed by atoms with E-state index in [9.17, 15) is 8.42 Å². The molecule has 1 atom stereocenters. The summed E-state index contributed by atoms with van der Waals surface area (Å²) >= 11 is 0. The van der Waals surface area contributed by atoms with Gasteiger partial charge in [-0.1, -0.05) is 48.5 Å². The van der Waals surface area contributed by atoms with Gasteiger partial charge in [0.1, 0.15) is 6.10 Å². The third-order valence-electron chi connectivity index (χ3n) is 6.10. The van der Waals surface area contributed by atoms with Gasteiger partial charge in [0.05, 0.1) is 17.1 Å². The molecule has 0 radical (unpaired) electrons. The van der Waals surface area contributed by atoms with E-state index in [-0.39, 0.29) is 22.8 Å². The quantitative estimate of drug-likeness (QED) is 0.393. The average Bonchev–Trinajstić information content (AvgIpc) is 2.81. The number of ether oxygens (including phenoxy) is 1. The molecule has 0 aliphatic carbocycles. The molecule has 3 aromatic carbocycles. The fraction of sp³-hybridized carbons (Fsp3) is 0.185. The van der Waals surface area contributed by atoms with Crippen molar-refractivity contribution in [3.05, 3.63) is 95.1 Å². The Morgan fingerprint density at radius 2 is 1.57 bits per heavy atom.